The van der Waals surface area contributed by atoms with E-state index in [4.69, 9.17) is 5.11 Å². The highest BCUT2D eigenvalue weighted by molar-refractivity contribution is 5.94. The van der Waals surface area contributed by atoms with Crippen LogP contribution in [0.1, 0.15) is 43.1 Å². The molecule has 0 aromatic heterocycles. The molecular formula is C14H18F3NO2. The first-order valence-corrected chi connectivity index (χ1v) is 6.43. The summed E-state index contributed by atoms with van der Waals surface area (Å²) in [6.45, 7) is 6.22. The summed E-state index contributed by atoms with van der Waals surface area (Å²) in [5.41, 5.74) is -0.942. The van der Waals surface area contributed by atoms with Crippen LogP contribution in [-0.4, -0.2) is 23.7 Å². The molecule has 0 saturated carbocycles. The number of hydrogen-bond acceptors (Lipinski definition) is 2. The zero-order chi connectivity index (χ0) is 15.5. The lowest BCUT2D eigenvalue weighted by Crippen LogP contribution is -2.33. The van der Waals surface area contributed by atoms with Crippen molar-refractivity contribution in [3.8, 4) is 0 Å². The standard InChI is InChI=1S/C14H18F3NO2/c1-4-9(3)18(5-2)12-7-6-10(14(15,16)17)8-11(12)13(19)20/h6-9H,4-5H2,1-3H3,(H,19,20). The summed E-state index contributed by atoms with van der Waals surface area (Å²) in [6.07, 6.45) is -3.77. The molecule has 1 unspecified atom stereocenters. The number of benzene rings is 1. The second-order valence-corrected chi connectivity index (χ2v) is 4.58. The van der Waals surface area contributed by atoms with Crippen molar-refractivity contribution in [2.75, 3.05) is 11.4 Å². The minimum Gasteiger partial charge on any atom is -0.478 e. The molecule has 0 aliphatic heterocycles. The largest absolute Gasteiger partial charge is 0.478 e. The van der Waals surface area contributed by atoms with Crippen molar-refractivity contribution in [3.63, 3.8) is 0 Å². The van der Waals surface area contributed by atoms with Crippen LogP contribution in [0.5, 0.6) is 0 Å². The summed E-state index contributed by atoms with van der Waals surface area (Å²) in [5, 5.41) is 9.16. The first kappa shape index (κ1) is 16.3. The minimum absolute atomic E-state index is 0.0508. The van der Waals surface area contributed by atoms with Crippen LogP contribution in [0.15, 0.2) is 18.2 Å². The van der Waals surface area contributed by atoms with E-state index >= 15 is 0 Å². The topological polar surface area (TPSA) is 40.5 Å². The van der Waals surface area contributed by atoms with E-state index in [1.165, 1.54) is 6.07 Å². The number of carboxylic acids is 1. The van der Waals surface area contributed by atoms with Gasteiger partial charge >= 0.3 is 12.1 Å². The van der Waals surface area contributed by atoms with E-state index in [2.05, 4.69) is 0 Å². The summed E-state index contributed by atoms with van der Waals surface area (Å²) in [5.74, 6) is -1.35. The molecule has 0 heterocycles. The van der Waals surface area contributed by atoms with Crippen LogP contribution < -0.4 is 4.90 Å². The number of hydrogen-bond donors (Lipinski definition) is 1. The molecule has 20 heavy (non-hydrogen) atoms. The predicted octanol–water partition coefficient (Wildman–Crippen LogP) is 4.03. The molecule has 0 saturated heterocycles. The molecule has 0 fully saturated rings. The Balaban J connectivity index is 3.36. The first-order chi connectivity index (χ1) is 9.22. The van der Waals surface area contributed by atoms with Crippen molar-refractivity contribution in [1.29, 1.82) is 0 Å². The molecule has 0 aliphatic carbocycles. The lowest BCUT2D eigenvalue weighted by atomic mass is 10.1. The molecule has 1 rings (SSSR count). The molecule has 0 spiro atoms. The summed E-state index contributed by atoms with van der Waals surface area (Å²) >= 11 is 0. The van der Waals surface area contributed by atoms with Crippen molar-refractivity contribution >= 4 is 11.7 Å². The molecule has 6 heteroatoms. The minimum atomic E-state index is -4.55. The highest BCUT2D eigenvalue weighted by Crippen LogP contribution is 2.33. The number of rotatable bonds is 5. The van der Waals surface area contributed by atoms with Crippen molar-refractivity contribution in [2.24, 2.45) is 0 Å². The number of aromatic carboxylic acids is 1. The Labute approximate surface area is 116 Å². The third-order valence-electron chi connectivity index (χ3n) is 3.33. The van der Waals surface area contributed by atoms with Crippen LogP contribution in [-0.2, 0) is 6.18 Å². The van der Waals surface area contributed by atoms with Crippen molar-refractivity contribution in [3.05, 3.63) is 29.3 Å². The van der Waals surface area contributed by atoms with Crippen LogP contribution >= 0.6 is 0 Å². The van der Waals surface area contributed by atoms with Gasteiger partial charge in [-0.2, -0.15) is 13.2 Å². The summed E-state index contributed by atoms with van der Waals surface area (Å²) in [7, 11) is 0. The van der Waals surface area contributed by atoms with Gasteiger partial charge < -0.3 is 10.0 Å². The lowest BCUT2D eigenvalue weighted by Gasteiger charge is -2.31. The maximum absolute atomic E-state index is 12.7. The molecule has 1 atom stereocenters. The fraction of sp³-hybridized carbons (Fsp3) is 0.500. The zero-order valence-electron chi connectivity index (χ0n) is 11.7. The Kier molecular flexibility index (Phi) is 5.03. The third kappa shape index (κ3) is 3.43. The summed E-state index contributed by atoms with van der Waals surface area (Å²) < 4.78 is 38.0. The van der Waals surface area contributed by atoms with Crippen LogP contribution in [0.4, 0.5) is 18.9 Å². The average molecular weight is 289 g/mol. The van der Waals surface area contributed by atoms with E-state index in [0.29, 0.717) is 18.3 Å². The predicted molar refractivity (Wildman–Crippen MR) is 71.2 cm³/mol. The zero-order valence-corrected chi connectivity index (χ0v) is 11.7. The molecule has 0 amide bonds. The second kappa shape index (κ2) is 6.15. The number of anilines is 1. The maximum atomic E-state index is 12.7. The van der Waals surface area contributed by atoms with Gasteiger partial charge in [-0.25, -0.2) is 4.79 Å². The molecular weight excluding hydrogens is 271 g/mol. The van der Waals surface area contributed by atoms with Crippen molar-refractivity contribution < 1.29 is 23.1 Å². The molecule has 0 radical (unpaired) electrons. The fourth-order valence-corrected chi connectivity index (χ4v) is 2.07. The number of nitrogens with zero attached hydrogens (tertiary/aromatic N) is 1. The Morgan fingerprint density at radius 3 is 2.35 bits per heavy atom. The maximum Gasteiger partial charge on any atom is 0.416 e. The van der Waals surface area contributed by atoms with E-state index in [1.54, 1.807) is 4.90 Å². The van der Waals surface area contributed by atoms with Crippen molar-refractivity contribution in [2.45, 2.75) is 39.4 Å². The molecule has 0 aliphatic rings. The van der Waals surface area contributed by atoms with Gasteiger partial charge in [0.05, 0.1) is 16.8 Å². The average Bonchev–Trinajstić information content (AvgIpc) is 2.38. The van der Waals surface area contributed by atoms with Crippen LogP contribution in [0.25, 0.3) is 0 Å². The molecule has 0 bridgehead atoms. The van der Waals surface area contributed by atoms with Gasteiger partial charge in [-0.1, -0.05) is 6.92 Å². The monoisotopic (exact) mass is 289 g/mol. The number of carboxylic acid groups (broad SMARTS) is 1. The van der Waals surface area contributed by atoms with Gasteiger partial charge in [-0.15, -0.1) is 0 Å². The van der Waals surface area contributed by atoms with E-state index in [0.717, 1.165) is 12.5 Å². The number of halogens is 3. The Hall–Kier alpha value is -1.72. The molecule has 1 N–H and O–H groups in total. The third-order valence-corrected chi connectivity index (χ3v) is 3.33. The highest BCUT2D eigenvalue weighted by atomic mass is 19.4. The lowest BCUT2D eigenvalue weighted by molar-refractivity contribution is -0.137. The Morgan fingerprint density at radius 2 is 1.95 bits per heavy atom. The Morgan fingerprint density at radius 1 is 1.35 bits per heavy atom. The van der Waals surface area contributed by atoms with E-state index in [1.807, 2.05) is 20.8 Å². The molecule has 1 aromatic rings. The SMILES string of the molecule is CCC(C)N(CC)c1ccc(C(F)(F)F)cc1C(=O)O. The Bertz CT molecular complexity index is 486. The van der Waals surface area contributed by atoms with E-state index < -0.39 is 17.7 Å². The van der Waals surface area contributed by atoms with Gasteiger partial charge in [0.25, 0.3) is 0 Å². The highest BCUT2D eigenvalue weighted by Gasteiger charge is 2.32. The van der Waals surface area contributed by atoms with E-state index in [-0.39, 0.29) is 11.6 Å². The smallest absolute Gasteiger partial charge is 0.416 e. The normalized spacial score (nSPS) is 13.1. The second-order valence-electron chi connectivity index (χ2n) is 4.58. The molecule has 1 aromatic carbocycles. The van der Waals surface area contributed by atoms with Gasteiger partial charge in [-0.05, 0) is 38.5 Å². The number of alkyl halides is 3. The van der Waals surface area contributed by atoms with Gasteiger partial charge in [0.2, 0.25) is 0 Å². The van der Waals surface area contributed by atoms with Gasteiger partial charge in [0, 0.05) is 12.6 Å². The first-order valence-electron chi connectivity index (χ1n) is 6.43. The van der Waals surface area contributed by atoms with E-state index in [9.17, 15) is 18.0 Å². The van der Waals surface area contributed by atoms with Gasteiger partial charge in [0.15, 0.2) is 0 Å². The number of carbonyl (C=O) groups is 1. The molecule has 3 nitrogen and oxygen atoms in total. The van der Waals surface area contributed by atoms with Crippen LogP contribution in [0, 0.1) is 0 Å². The fourth-order valence-electron chi connectivity index (χ4n) is 2.07. The van der Waals surface area contributed by atoms with Crippen LogP contribution in [0.3, 0.4) is 0 Å². The summed E-state index contributed by atoms with van der Waals surface area (Å²) in [6, 6.07) is 2.91. The summed E-state index contributed by atoms with van der Waals surface area (Å²) in [4.78, 5) is 13.0. The van der Waals surface area contributed by atoms with Crippen molar-refractivity contribution in [1.82, 2.24) is 0 Å². The van der Waals surface area contributed by atoms with Crippen LogP contribution in [0.2, 0.25) is 0 Å². The molecule has 112 valence electrons. The quantitative estimate of drug-likeness (QED) is 0.889. The van der Waals surface area contributed by atoms with Gasteiger partial charge in [-0.3, -0.25) is 0 Å². The van der Waals surface area contributed by atoms with Gasteiger partial charge in [0.1, 0.15) is 0 Å².